The molecule has 1 aromatic rings. The first kappa shape index (κ1) is 15.6. The van der Waals surface area contributed by atoms with Gasteiger partial charge in [0.1, 0.15) is 0 Å². The van der Waals surface area contributed by atoms with Gasteiger partial charge in [-0.25, -0.2) is 0 Å². The predicted octanol–water partition coefficient (Wildman–Crippen LogP) is 3.45. The molecule has 19 heavy (non-hydrogen) atoms. The smallest absolute Gasteiger partial charge is 0.234 e. The Morgan fingerprint density at radius 2 is 2.00 bits per heavy atom. The van der Waals surface area contributed by atoms with Crippen molar-refractivity contribution < 1.29 is 4.79 Å². The standard InChI is InChI=1S/C15H22N2OS/c1-4-7-12(14(16)19)15(18)17-13-9-6-5-8-11(13)10(2)3/h5-6,8-10,12H,4,7H2,1-3H3,(H2,16,19)(H,17,18). The van der Waals surface area contributed by atoms with Crippen LogP contribution in [0.4, 0.5) is 5.69 Å². The summed E-state index contributed by atoms with van der Waals surface area (Å²) < 4.78 is 0. The van der Waals surface area contributed by atoms with Gasteiger partial charge in [0.2, 0.25) is 5.91 Å². The highest BCUT2D eigenvalue weighted by molar-refractivity contribution is 7.80. The summed E-state index contributed by atoms with van der Waals surface area (Å²) in [7, 11) is 0. The van der Waals surface area contributed by atoms with E-state index in [0.29, 0.717) is 12.3 Å². The van der Waals surface area contributed by atoms with Crippen LogP contribution < -0.4 is 11.1 Å². The largest absolute Gasteiger partial charge is 0.393 e. The highest BCUT2D eigenvalue weighted by atomic mass is 32.1. The van der Waals surface area contributed by atoms with Gasteiger partial charge in [-0.3, -0.25) is 4.79 Å². The van der Waals surface area contributed by atoms with Gasteiger partial charge in [0.15, 0.2) is 0 Å². The Kier molecular flexibility index (Phi) is 5.96. The molecule has 104 valence electrons. The zero-order chi connectivity index (χ0) is 14.4. The number of anilines is 1. The summed E-state index contributed by atoms with van der Waals surface area (Å²) in [6, 6.07) is 7.82. The van der Waals surface area contributed by atoms with E-state index >= 15 is 0 Å². The topological polar surface area (TPSA) is 55.1 Å². The van der Waals surface area contributed by atoms with Gasteiger partial charge in [0, 0.05) is 5.69 Å². The van der Waals surface area contributed by atoms with Gasteiger partial charge in [-0.2, -0.15) is 0 Å². The second-order valence-corrected chi connectivity index (χ2v) is 5.45. The molecule has 0 saturated carbocycles. The van der Waals surface area contributed by atoms with E-state index in [4.69, 9.17) is 18.0 Å². The number of carbonyl (C=O) groups is 1. The molecule has 1 unspecified atom stereocenters. The fourth-order valence-corrected chi connectivity index (χ4v) is 2.25. The molecule has 1 atom stereocenters. The van der Waals surface area contributed by atoms with Gasteiger partial charge in [0.25, 0.3) is 0 Å². The molecule has 1 amide bonds. The number of hydrogen-bond acceptors (Lipinski definition) is 2. The van der Waals surface area contributed by atoms with Crippen LogP contribution in [0.2, 0.25) is 0 Å². The lowest BCUT2D eigenvalue weighted by Gasteiger charge is -2.18. The number of benzene rings is 1. The maximum absolute atomic E-state index is 12.2. The lowest BCUT2D eigenvalue weighted by molar-refractivity contribution is -0.118. The van der Waals surface area contributed by atoms with Crippen LogP contribution in [-0.2, 0) is 4.79 Å². The predicted molar refractivity (Wildman–Crippen MR) is 84.3 cm³/mol. The van der Waals surface area contributed by atoms with Gasteiger partial charge in [-0.15, -0.1) is 0 Å². The van der Waals surface area contributed by atoms with E-state index in [1.807, 2.05) is 31.2 Å². The molecule has 0 aliphatic rings. The highest BCUT2D eigenvalue weighted by Crippen LogP contribution is 2.24. The molecule has 3 nitrogen and oxygen atoms in total. The minimum atomic E-state index is -0.389. The van der Waals surface area contributed by atoms with Crippen molar-refractivity contribution in [2.75, 3.05) is 5.32 Å². The fraction of sp³-hybridized carbons (Fsp3) is 0.467. The van der Waals surface area contributed by atoms with Gasteiger partial charge in [-0.1, -0.05) is 57.6 Å². The van der Waals surface area contributed by atoms with Crippen molar-refractivity contribution in [3.63, 3.8) is 0 Å². The molecule has 1 aromatic carbocycles. The normalized spacial score (nSPS) is 12.2. The minimum Gasteiger partial charge on any atom is -0.393 e. The number of amides is 1. The van der Waals surface area contributed by atoms with E-state index in [-0.39, 0.29) is 16.8 Å². The van der Waals surface area contributed by atoms with Crippen molar-refractivity contribution >= 4 is 28.8 Å². The molecule has 0 radical (unpaired) electrons. The summed E-state index contributed by atoms with van der Waals surface area (Å²) in [6.07, 6.45) is 1.56. The Labute approximate surface area is 120 Å². The number of rotatable bonds is 6. The van der Waals surface area contributed by atoms with Crippen molar-refractivity contribution in [2.24, 2.45) is 11.7 Å². The maximum atomic E-state index is 12.2. The quantitative estimate of drug-likeness (QED) is 0.784. The van der Waals surface area contributed by atoms with Gasteiger partial charge in [-0.05, 0) is 24.0 Å². The second kappa shape index (κ2) is 7.24. The molecule has 0 fully saturated rings. The first-order valence-electron chi connectivity index (χ1n) is 6.66. The van der Waals surface area contributed by atoms with E-state index in [2.05, 4.69) is 19.2 Å². The van der Waals surface area contributed by atoms with Crippen LogP contribution in [0.3, 0.4) is 0 Å². The van der Waals surface area contributed by atoms with Crippen LogP contribution in [0.5, 0.6) is 0 Å². The molecule has 4 heteroatoms. The third-order valence-corrected chi connectivity index (χ3v) is 3.36. The van der Waals surface area contributed by atoms with Crippen LogP contribution in [0.1, 0.15) is 45.1 Å². The van der Waals surface area contributed by atoms with Gasteiger partial charge in [0.05, 0.1) is 10.9 Å². The van der Waals surface area contributed by atoms with Crippen LogP contribution >= 0.6 is 12.2 Å². The first-order chi connectivity index (χ1) is 8.97. The SMILES string of the molecule is CCCC(C(=O)Nc1ccccc1C(C)C)C(N)=S. The van der Waals surface area contributed by atoms with Crippen LogP contribution in [0.15, 0.2) is 24.3 Å². The Morgan fingerprint density at radius 1 is 1.37 bits per heavy atom. The number of thiocarbonyl (C=S) groups is 1. The monoisotopic (exact) mass is 278 g/mol. The molecule has 0 aliphatic heterocycles. The Morgan fingerprint density at radius 3 is 2.53 bits per heavy atom. The Bertz CT molecular complexity index is 457. The summed E-state index contributed by atoms with van der Waals surface area (Å²) in [4.78, 5) is 12.5. The molecular formula is C15H22N2OS. The molecule has 0 bridgehead atoms. The van der Waals surface area contributed by atoms with Gasteiger partial charge < -0.3 is 11.1 Å². The Hall–Kier alpha value is -1.42. The highest BCUT2D eigenvalue weighted by Gasteiger charge is 2.21. The molecule has 0 heterocycles. The second-order valence-electron chi connectivity index (χ2n) is 4.97. The van der Waals surface area contributed by atoms with E-state index in [9.17, 15) is 4.79 Å². The summed E-state index contributed by atoms with van der Waals surface area (Å²) in [5.41, 5.74) is 7.61. The van der Waals surface area contributed by atoms with Crippen molar-refractivity contribution in [3.05, 3.63) is 29.8 Å². The lowest BCUT2D eigenvalue weighted by atomic mass is 9.99. The zero-order valence-corrected chi connectivity index (χ0v) is 12.6. The number of nitrogens with two attached hydrogens (primary N) is 1. The molecular weight excluding hydrogens is 256 g/mol. The number of carbonyl (C=O) groups excluding carboxylic acids is 1. The summed E-state index contributed by atoms with van der Waals surface area (Å²) in [5, 5.41) is 2.95. The first-order valence-corrected chi connectivity index (χ1v) is 7.07. The number of nitrogens with one attached hydrogen (secondary N) is 1. The zero-order valence-electron chi connectivity index (χ0n) is 11.8. The molecule has 1 rings (SSSR count). The van der Waals surface area contributed by atoms with Gasteiger partial charge >= 0.3 is 0 Å². The van der Waals surface area contributed by atoms with Crippen molar-refractivity contribution in [1.82, 2.24) is 0 Å². The summed E-state index contributed by atoms with van der Waals surface area (Å²) >= 11 is 4.98. The summed E-state index contributed by atoms with van der Waals surface area (Å²) in [6.45, 7) is 6.21. The van der Waals surface area contributed by atoms with Crippen molar-refractivity contribution in [1.29, 1.82) is 0 Å². The van der Waals surface area contributed by atoms with Crippen LogP contribution in [0, 0.1) is 5.92 Å². The van der Waals surface area contributed by atoms with Crippen LogP contribution in [0.25, 0.3) is 0 Å². The molecule has 0 spiro atoms. The van der Waals surface area contributed by atoms with Crippen molar-refractivity contribution in [2.45, 2.75) is 39.5 Å². The van der Waals surface area contributed by atoms with Crippen LogP contribution in [-0.4, -0.2) is 10.9 Å². The van der Waals surface area contributed by atoms with E-state index in [0.717, 1.165) is 17.7 Å². The molecule has 0 aromatic heterocycles. The molecule has 0 saturated heterocycles. The summed E-state index contributed by atoms with van der Waals surface area (Å²) in [5.74, 6) is -0.145. The van der Waals surface area contributed by atoms with Crippen molar-refractivity contribution in [3.8, 4) is 0 Å². The number of hydrogen-bond donors (Lipinski definition) is 2. The lowest BCUT2D eigenvalue weighted by Crippen LogP contribution is -2.33. The van der Waals surface area contributed by atoms with E-state index in [1.165, 1.54) is 0 Å². The fourth-order valence-electron chi connectivity index (χ4n) is 2.03. The number of para-hydroxylation sites is 1. The van der Waals surface area contributed by atoms with E-state index in [1.54, 1.807) is 0 Å². The molecule has 0 aliphatic carbocycles. The minimum absolute atomic E-state index is 0.109. The average molecular weight is 278 g/mol. The maximum Gasteiger partial charge on any atom is 0.234 e. The van der Waals surface area contributed by atoms with E-state index < -0.39 is 0 Å². The molecule has 3 N–H and O–H groups in total. The average Bonchev–Trinajstić information content (AvgIpc) is 2.35. The third kappa shape index (κ3) is 4.31. The third-order valence-electron chi connectivity index (χ3n) is 3.08. The Balaban J connectivity index is 2.89.